The van der Waals surface area contributed by atoms with E-state index in [-0.39, 0.29) is 11.2 Å². The van der Waals surface area contributed by atoms with E-state index in [1.807, 2.05) is 6.08 Å². The van der Waals surface area contributed by atoms with Crippen LogP contribution >= 0.6 is 0 Å². The summed E-state index contributed by atoms with van der Waals surface area (Å²) in [6.45, 7) is 1.84. The fourth-order valence-electron chi connectivity index (χ4n) is 2.47. The largest absolute Gasteiger partial charge is 0.317 e. The molecule has 1 fully saturated rings. The van der Waals surface area contributed by atoms with Crippen molar-refractivity contribution in [2.24, 2.45) is 5.41 Å². The van der Waals surface area contributed by atoms with E-state index >= 15 is 0 Å². The summed E-state index contributed by atoms with van der Waals surface area (Å²) in [6, 6.07) is 2.48. The van der Waals surface area contributed by atoms with Crippen LogP contribution in [-0.4, -0.2) is 13.1 Å². The van der Waals surface area contributed by atoms with E-state index in [1.54, 1.807) is 6.08 Å². The molecule has 0 aromatic carbocycles. The first kappa shape index (κ1) is 11.3. The van der Waals surface area contributed by atoms with Crippen LogP contribution < -0.4 is 5.32 Å². The Labute approximate surface area is 95.8 Å². The van der Waals surface area contributed by atoms with Crippen molar-refractivity contribution in [3.8, 4) is 6.07 Å². The van der Waals surface area contributed by atoms with Crippen LogP contribution in [0.25, 0.3) is 0 Å². The minimum absolute atomic E-state index is 0.0416. The summed E-state index contributed by atoms with van der Waals surface area (Å²) in [6.07, 6.45) is 7.32. The molecule has 0 spiro atoms. The molecule has 2 aliphatic rings. The highest BCUT2D eigenvalue weighted by molar-refractivity contribution is 5.23. The average molecular weight is 220 g/mol. The maximum Gasteiger partial charge on any atom is 0.100 e. The molecule has 2 rings (SSSR count). The van der Waals surface area contributed by atoms with E-state index in [2.05, 4.69) is 11.4 Å². The summed E-state index contributed by atoms with van der Waals surface area (Å²) >= 11 is 0. The highest BCUT2D eigenvalue weighted by atomic mass is 19.1. The van der Waals surface area contributed by atoms with Gasteiger partial charge in [0.15, 0.2) is 0 Å². The van der Waals surface area contributed by atoms with E-state index in [1.165, 1.54) is 5.57 Å². The predicted molar refractivity (Wildman–Crippen MR) is 61.3 cm³/mol. The molecular formula is C13H17FN2. The molecule has 0 radical (unpaired) electrons. The number of halogens is 1. The predicted octanol–water partition coefficient (Wildman–Crippen LogP) is 2.84. The van der Waals surface area contributed by atoms with E-state index in [4.69, 9.17) is 0 Å². The highest BCUT2D eigenvalue weighted by Crippen LogP contribution is 2.37. The van der Waals surface area contributed by atoms with Gasteiger partial charge < -0.3 is 5.32 Å². The van der Waals surface area contributed by atoms with Gasteiger partial charge in [-0.25, -0.2) is 4.39 Å². The number of nitrogens with one attached hydrogen (secondary N) is 1. The summed E-state index contributed by atoms with van der Waals surface area (Å²) in [7, 11) is 0. The summed E-state index contributed by atoms with van der Waals surface area (Å²) in [4.78, 5) is 0. The number of rotatable bonds is 2. The monoisotopic (exact) mass is 220 g/mol. The van der Waals surface area contributed by atoms with Crippen molar-refractivity contribution in [3.05, 3.63) is 23.6 Å². The summed E-state index contributed by atoms with van der Waals surface area (Å²) < 4.78 is 12.9. The summed E-state index contributed by atoms with van der Waals surface area (Å²) in [5.41, 5.74) is 1.02. The normalized spacial score (nSPS) is 24.2. The van der Waals surface area contributed by atoms with Gasteiger partial charge in [-0.3, -0.25) is 0 Å². The molecule has 1 N–H and O–H groups in total. The molecule has 0 unspecified atom stereocenters. The Morgan fingerprint density at radius 2 is 2.06 bits per heavy atom. The SMILES string of the molecule is N#CC1(CC2=CC=C(F)CC2)CCNCC1. The van der Waals surface area contributed by atoms with Crippen LogP contribution in [0.5, 0.6) is 0 Å². The molecule has 1 aliphatic heterocycles. The van der Waals surface area contributed by atoms with Gasteiger partial charge in [0, 0.05) is 6.42 Å². The van der Waals surface area contributed by atoms with Crippen LogP contribution in [0.1, 0.15) is 32.1 Å². The van der Waals surface area contributed by atoms with E-state index in [0.717, 1.165) is 38.8 Å². The first-order valence-electron chi connectivity index (χ1n) is 5.90. The fourth-order valence-corrected chi connectivity index (χ4v) is 2.47. The second kappa shape index (κ2) is 4.80. The number of nitriles is 1. The third-order valence-electron chi connectivity index (χ3n) is 3.55. The summed E-state index contributed by atoms with van der Waals surface area (Å²) in [5, 5.41) is 12.6. The van der Waals surface area contributed by atoms with Crippen LogP contribution in [0.2, 0.25) is 0 Å². The van der Waals surface area contributed by atoms with Crippen LogP contribution in [0.3, 0.4) is 0 Å². The molecule has 0 atom stereocenters. The lowest BCUT2D eigenvalue weighted by Crippen LogP contribution is -2.36. The maximum absolute atomic E-state index is 12.9. The molecule has 0 bridgehead atoms. The molecule has 3 heteroatoms. The van der Waals surface area contributed by atoms with Gasteiger partial charge in [0.25, 0.3) is 0 Å². The minimum Gasteiger partial charge on any atom is -0.317 e. The molecule has 1 heterocycles. The van der Waals surface area contributed by atoms with Gasteiger partial charge in [0.05, 0.1) is 11.5 Å². The van der Waals surface area contributed by atoms with E-state index in [9.17, 15) is 9.65 Å². The average Bonchev–Trinajstić information content (AvgIpc) is 2.33. The lowest BCUT2D eigenvalue weighted by atomic mass is 9.74. The van der Waals surface area contributed by atoms with Crippen LogP contribution in [0.15, 0.2) is 23.6 Å². The van der Waals surface area contributed by atoms with Crippen molar-refractivity contribution in [2.75, 3.05) is 13.1 Å². The first-order chi connectivity index (χ1) is 7.74. The smallest absolute Gasteiger partial charge is 0.100 e. The minimum atomic E-state index is -0.210. The number of allylic oxidation sites excluding steroid dienone is 4. The van der Waals surface area contributed by atoms with Crippen molar-refractivity contribution in [1.29, 1.82) is 5.26 Å². The van der Waals surface area contributed by atoms with Crippen LogP contribution in [-0.2, 0) is 0 Å². The van der Waals surface area contributed by atoms with E-state index < -0.39 is 0 Å². The molecule has 1 saturated heterocycles. The maximum atomic E-state index is 12.9. The quantitative estimate of drug-likeness (QED) is 0.776. The first-order valence-corrected chi connectivity index (χ1v) is 5.90. The molecule has 1 aliphatic carbocycles. The molecule has 0 amide bonds. The zero-order valence-electron chi connectivity index (χ0n) is 9.43. The summed E-state index contributed by atoms with van der Waals surface area (Å²) in [5.74, 6) is -0.0416. The number of piperidine rings is 1. The van der Waals surface area contributed by atoms with Gasteiger partial charge in [-0.2, -0.15) is 5.26 Å². The molecule has 0 saturated carbocycles. The van der Waals surface area contributed by atoms with Crippen molar-refractivity contribution >= 4 is 0 Å². The third-order valence-corrected chi connectivity index (χ3v) is 3.55. The third kappa shape index (κ3) is 2.51. The Morgan fingerprint density at radius 1 is 1.31 bits per heavy atom. The Hall–Kier alpha value is -1.14. The Kier molecular flexibility index (Phi) is 3.40. The second-order valence-electron chi connectivity index (χ2n) is 4.76. The lowest BCUT2D eigenvalue weighted by Gasteiger charge is -2.32. The van der Waals surface area contributed by atoms with Gasteiger partial charge in [-0.05, 0) is 44.8 Å². The van der Waals surface area contributed by atoms with Gasteiger partial charge in [0.1, 0.15) is 5.83 Å². The fraction of sp³-hybridized carbons (Fsp3) is 0.615. The van der Waals surface area contributed by atoms with E-state index in [0.29, 0.717) is 6.42 Å². The zero-order chi connectivity index (χ0) is 11.4. The van der Waals surface area contributed by atoms with Gasteiger partial charge in [0.2, 0.25) is 0 Å². The van der Waals surface area contributed by atoms with Crippen molar-refractivity contribution in [3.63, 3.8) is 0 Å². The molecule has 0 aromatic heterocycles. The topological polar surface area (TPSA) is 35.8 Å². The van der Waals surface area contributed by atoms with Crippen LogP contribution in [0.4, 0.5) is 4.39 Å². The standard InChI is InChI=1S/C13H17FN2/c14-12-3-1-11(2-4-12)9-13(10-15)5-7-16-8-6-13/h1,3,16H,2,4-9H2. The molecular weight excluding hydrogens is 203 g/mol. The number of hydrogen-bond donors (Lipinski definition) is 1. The Bertz CT molecular complexity index is 357. The Balaban J connectivity index is 2.05. The lowest BCUT2D eigenvalue weighted by molar-refractivity contribution is 0.277. The van der Waals surface area contributed by atoms with Gasteiger partial charge in [-0.15, -0.1) is 0 Å². The molecule has 86 valence electrons. The van der Waals surface area contributed by atoms with Gasteiger partial charge >= 0.3 is 0 Å². The second-order valence-corrected chi connectivity index (χ2v) is 4.76. The molecule has 2 nitrogen and oxygen atoms in total. The zero-order valence-corrected chi connectivity index (χ0v) is 9.43. The van der Waals surface area contributed by atoms with Crippen LogP contribution in [0, 0.1) is 16.7 Å². The Morgan fingerprint density at radius 3 is 2.62 bits per heavy atom. The molecule has 16 heavy (non-hydrogen) atoms. The number of hydrogen-bond acceptors (Lipinski definition) is 2. The van der Waals surface area contributed by atoms with Gasteiger partial charge in [-0.1, -0.05) is 11.6 Å². The molecule has 0 aromatic rings. The number of nitrogens with zero attached hydrogens (tertiary/aromatic N) is 1. The van der Waals surface area contributed by atoms with Crippen molar-refractivity contribution in [1.82, 2.24) is 5.32 Å². The van der Waals surface area contributed by atoms with Crippen molar-refractivity contribution in [2.45, 2.75) is 32.1 Å². The van der Waals surface area contributed by atoms with Crippen molar-refractivity contribution < 1.29 is 4.39 Å². The highest BCUT2D eigenvalue weighted by Gasteiger charge is 2.32.